The van der Waals surface area contributed by atoms with Crippen LogP contribution >= 0.6 is 0 Å². The van der Waals surface area contributed by atoms with Gasteiger partial charge in [0.1, 0.15) is 0 Å². The fraction of sp³-hybridized carbons (Fsp3) is 0.579. The zero-order valence-electron chi connectivity index (χ0n) is 14.4. The summed E-state index contributed by atoms with van der Waals surface area (Å²) in [5.41, 5.74) is 8.00. The average Bonchev–Trinajstić information content (AvgIpc) is 2.40. The summed E-state index contributed by atoms with van der Waals surface area (Å²) in [4.78, 5) is 0. The molecule has 1 nitrogen and oxygen atoms in total. The minimum Gasteiger partial charge on any atom is -0.396 e. The quantitative estimate of drug-likeness (QED) is 0.612. The standard InChI is InChI=1S/C19H30OSi/c1-15(2)21(16(3)4,17(5)6)14-12-19-9-7-18(8-10-19)11-13-20/h7-10,15-17,20H,11,13H2,1-6H3/q-1. The molecule has 0 aliphatic heterocycles. The first kappa shape index (κ1) is 18.0. The second-order valence-electron chi connectivity index (χ2n) is 6.82. The molecular formula is C19H30OSi-. The van der Waals surface area contributed by atoms with E-state index < -0.39 is 8.07 Å². The summed E-state index contributed by atoms with van der Waals surface area (Å²) >= 11 is 0. The van der Waals surface area contributed by atoms with E-state index in [9.17, 15) is 0 Å². The average molecular weight is 303 g/mol. The summed E-state index contributed by atoms with van der Waals surface area (Å²) in [5.74, 6) is 3.45. The largest absolute Gasteiger partial charge is 0.396 e. The van der Waals surface area contributed by atoms with Gasteiger partial charge in [-0.2, -0.15) is 0 Å². The molecule has 0 unspecified atom stereocenters. The molecule has 0 saturated carbocycles. The van der Waals surface area contributed by atoms with Gasteiger partial charge in [-0.25, -0.2) is 0 Å². The Morgan fingerprint density at radius 2 is 1.38 bits per heavy atom. The van der Waals surface area contributed by atoms with Crippen molar-refractivity contribution >= 4 is 8.07 Å². The highest BCUT2D eigenvalue weighted by atomic mass is 28.3. The number of aliphatic hydroxyl groups is 1. The highest BCUT2D eigenvalue weighted by Gasteiger charge is 2.28. The van der Waals surface area contributed by atoms with Gasteiger partial charge < -0.3 is 5.11 Å². The Morgan fingerprint density at radius 3 is 1.76 bits per heavy atom. The van der Waals surface area contributed by atoms with E-state index in [0.717, 1.165) is 12.0 Å². The minimum absolute atomic E-state index is 0.203. The number of benzene rings is 1. The Kier molecular flexibility index (Phi) is 6.71. The molecule has 0 radical (unpaired) electrons. The lowest BCUT2D eigenvalue weighted by atomic mass is 10.1. The summed E-state index contributed by atoms with van der Waals surface area (Å²) in [6, 6.07) is 8.31. The Balaban J connectivity index is 3.10. The molecule has 21 heavy (non-hydrogen) atoms. The molecule has 0 aliphatic rings. The molecule has 0 atom stereocenters. The highest BCUT2D eigenvalue weighted by Crippen LogP contribution is 2.40. The van der Waals surface area contributed by atoms with Gasteiger partial charge in [0.05, 0.1) is 0 Å². The highest BCUT2D eigenvalue weighted by molar-refractivity contribution is 6.90. The lowest BCUT2D eigenvalue weighted by Crippen LogP contribution is -2.43. The predicted molar refractivity (Wildman–Crippen MR) is 95.2 cm³/mol. The van der Waals surface area contributed by atoms with Gasteiger partial charge in [-0.1, -0.05) is 61.7 Å². The van der Waals surface area contributed by atoms with Crippen LogP contribution in [0.3, 0.4) is 0 Å². The third kappa shape index (κ3) is 4.22. The van der Waals surface area contributed by atoms with Crippen molar-refractivity contribution in [1.82, 2.24) is 0 Å². The van der Waals surface area contributed by atoms with Crippen molar-refractivity contribution < 1.29 is 5.11 Å². The van der Waals surface area contributed by atoms with Crippen LogP contribution in [0.15, 0.2) is 24.3 Å². The Morgan fingerprint density at radius 1 is 0.905 bits per heavy atom. The van der Waals surface area contributed by atoms with E-state index >= 15 is 0 Å². The molecule has 1 aromatic rings. The Hall–Kier alpha value is -1.04. The Bertz CT molecular complexity index is 467. The fourth-order valence-electron chi connectivity index (χ4n) is 3.50. The van der Waals surface area contributed by atoms with E-state index in [2.05, 4.69) is 77.3 Å². The van der Waals surface area contributed by atoms with Crippen molar-refractivity contribution in [3.63, 3.8) is 0 Å². The summed E-state index contributed by atoms with van der Waals surface area (Å²) < 4.78 is 0. The summed E-state index contributed by atoms with van der Waals surface area (Å²) in [6.45, 7) is 14.2. The van der Waals surface area contributed by atoms with E-state index in [-0.39, 0.29) is 6.61 Å². The lowest BCUT2D eigenvalue weighted by molar-refractivity contribution is 0.299. The zero-order valence-corrected chi connectivity index (χ0v) is 15.4. The predicted octanol–water partition coefficient (Wildman–Crippen LogP) is 4.79. The van der Waals surface area contributed by atoms with Crippen LogP contribution < -0.4 is 0 Å². The normalized spacial score (nSPS) is 11.9. The van der Waals surface area contributed by atoms with Crippen molar-refractivity contribution in [2.75, 3.05) is 6.61 Å². The van der Waals surface area contributed by atoms with E-state index in [0.29, 0.717) is 16.6 Å². The van der Waals surface area contributed by atoms with Gasteiger partial charge in [0.25, 0.3) is 0 Å². The molecule has 1 aromatic carbocycles. The molecule has 0 fully saturated rings. The van der Waals surface area contributed by atoms with Crippen LogP contribution in [0.25, 0.3) is 0 Å². The van der Waals surface area contributed by atoms with Gasteiger partial charge in [0, 0.05) is 12.2 Å². The van der Waals surface area contributed by atoms with Crippen LogP contribution in [-0.2, 0) is 6.42 Å². The first-order valence-corrected chi connectivity index (χ1v) is 10.3. The van der Waals surface area contributed by atoms with Crippen molar-refractivity contribution in [2.24, 2.45) is 0 Å². The third-order valence-corrected chi connectivity index (χ3v) is 10.9. The van der Waals surface area contributed by atoms with Gasteiger partial charge in [-0.15, -0.1) is 22.5 Å². The van der Waals surface area contributed by atoms with Gasteiger partial charge in [0.2, 0.25) is 0 Å². The van der Waals surface area contributed by atoms with E-state index in [1.54, 1.807) is 0 Å². The number of hydrogen-bond donors (Lipinski definition) is 1. The van der Waals surface area contributed by atoms with Crippen LogP contribution in [-0.4, -0.2) is 19.8 Å². The van der Waals surface area contributed by atoms with Crippen molar-refractivity contribution in [3.05, 3.63) is 35.4 Å². The van der Waals surface area contributed by atoms with Gasteiger partial charge in [-0.05, 0) is 24.1 Å². The maximum Gasteiger partial charge on any atom is 0.0471 e. The third-order valence-electron chi connectivity index (χ3n) is 4.64. The van der Waals surface area contributed by atoms with Crippen LogP contribution in [0.2, 0.25) is 16.6 Å². The molecule has 0 aliphatic carbocycles. The molecule has 2 heteroatoms. The molecule has 117 valence electrons. The molecule has 0 amide bonds. The van der Waals surface area contributed by atoms with Gasteiger partial charge in [0.15, 0.2) is 0 Å². The van der Waals surface area contributed by atoms with E-state index in [1.165, 1.54) is 5.56 Å². The van der Waals surface area contributed by atoms with Crippen molar-refractivity contribution in [1.29, 1.82) is 0 Å². The number of aliphatic hydroxyl groups excluding tert-OH is 1. The van der Waals surface area contributed by atoms with E-state index in [4.69, 9.17) is 5.11 Å². The molecule has 0 bridgehead atoms. The maximum absolute atomic E-state index is 8.96. The molecule has 0 heterocycles. The smallest absolute Gasteiger partial charge is 0.0471 e. The van der Waals surface area contributed by atoms with E-state index in [1.807, 2.05) is 0 Å². The maximum atomic E-state index is 8.96. The number of rotatable bonds is 5. The SMILES string of the molecule is CC(C)[Si-](C#Cc1ccc(CCO)cc1)(C(C)C)C(C)C. The molecule has 1 rings (SSSR count). The molecule has 0 spiro atoms. The zero-order chi connectivity index (χ0) is 16.0. The minimum atomic E-state index is -1.64. The topological polar surface area (TPSA) is 20.2 Å². The van der Waals surface area contributed by atoms with Crippen molar-refractivity contribution in [3.8, 4) is 11.5 Å². The molecular weight excluding hydrogens is 272 g/mol. The summed E-state index contributed by atoms with van der Waals surface area (Å²) in [7, 11) is -1.64. The first-order chi connectivity index (χ1) is 9.84. The summed E-state index contributed by atoms with van der Waals surface area (Å²) in [5, 5.41) is 8.96. The van der Waals surface area contributed by atoms with Gasteiger partial charge in [-0.3, -0.25) is 5.54 Å². The second kappa shape index (κ2) is 7.82. The van der Waals surface area contributed by atoms with Crippen LogP contribution in [0.4, 0.5) is 0 Å². The summed E-state index contributed by atoms with van der Waals surface area (Å²) in [6.07, 6.45) is 0.719. The van der Waals surface area contributed by atoms with Crippen LogP contribution in [0, 0.1) is 11.5 Å². The van der Waals surface area contributed by atoms with Crippen LogP contribution in [0.5, 0.6) is 0 Å². The van der Waals surface area contributed by atoms with Crippen molar-refractivity contribution in [2.45, 2.75) is 64.6 Å². The molecule has 0 aromatic heterocycles. The monoisotopic (exact) mass is 302 g/mol. The first-order valence-electron chi connectivity index (χ1n) is 8.07. The molecule has 0 saturated heterocycles. The Labute approximate surface area is 131 Å². The number of hydrogen-bond acceptors (Lipinski definition) is 1. The van der Waals surface area contributed by atoms with Crippen LogP contribution in [0.1, 0.15) is 52.7 Å². The fourth-order valence-corrected chi connectivity index (χ4v) is 8.72. The molecule has 1 N–H and O–H groups in total. The second-order valence-corrected chi connectivity index (χ2v) is 12.4. The lowest BCUT2D eigenvalue weighted by Gasteiger charge is -2.50. The van der Waals surface area contributed by atoms with Gasteiger partial charge >= 0.3 is 0 Å².